The van der Waals surface area contributed by atoms with Crippen LogP contribution in [-0.4, -0.2) is 10.5 Å². The Kier molecular flexibility index (Phi) is 3.86. The number of amides is 1. The van der Waals surface area contributed by atoms with Crippen LogP contribution >= 0.6 is 0 Å². The van der Waals surface area contributed by atoms with Gasteiger partial charge in [-0.15, -0.1) is 0 Å². The van der Waals surface area contributed by atoms with Crippen LogP contribution in [-0.2, 0) is 11.3 Å². The molecule has 1 aromatic carbocycles. The van der Waals surface area contributed by atoms with Gasteiger partial charge in [-0.2, -0.15) is 0 Å². The first-order valence-electron chi connectivity index (χ1n) is 7.24. The van der Waals surface area contributed by atoms with E-state index in [-0.39, 0.29) is 24.1 Å². The predicted molar refractivity (Wildman–Crippen MR) is 80.8 cm³/mol. The van der Waals surface area contributed by atoms with E-state index in [0.29, 0.717) is 5.92 Å². The lowest BCUT2D eigenvalue weighted by atomic mass is 10.0. The van der Waals surface area contributed by atoms with Crippen molar-refractivity contribution < 1.29 is 4.79 Å². The number of hydrogen-bond donors (Lipinski definition) is 1. The second-order valence-corrected chi connectivity index (χ2v) is 5.46. The van der Waals surface area contributed by atoms with Crippen LogP contribution in [0.25, 0.3) is 0 Å². The Morgan fingerprint density at radius 2 is 1.86 bits per heavy atom. The quantitative estimate of drug-likeness (QED) is 0.913. The molecule has 0 aliphatic heterocycles. The molecule has 4 nitrogen and oxygen atoms in total. The summed E-state index contributed by atoms with van der Waals surface area (Å²) in [7, 11) is 0. The number of carbonyl (C=O) groups is 1. The van der Waals surface area contributed by atoms with Crippen molar-refractivity contribution in [1.29, 1.82) is 0 Å². The maximum absolute atomic E-state index is 12.2. The highest BCUT2D eigenvalue weighted by molar-refractivity contribution is 5.76. The molecule has 0 saturated heterocycles. The molecule has 1 atom stereocenters. The summed E-state index contributed by atoms with van der Waals surface area (Å²) < 4.78 is 1.42. The fraction of sp³-hybridized carbons (Fsp3) is 0.294. The lowest BCUT2D eigenvalue weighted by molar-refractivity contribution is -0.122. The van der Waals surface area contributed by atoms with Crippen molar-refractivity contribution in [3.8, 4) is 0 Å². The fourth-order valence-electron chi connectivity index (χ4n) is 2.53. The van der Waals surface area contributed by atoms with Crippen molar-refractivity contribution in [3.05, 3.63) is 70.6 Å². The monoisotopic (exact) mass is 282 g/mol. The Bertz CT molecular complexity index is 674. The van der Waals surface area contributed by atoms with E-state index in [2.05, 4.69) is 5.32 Å². The summed E-state index contributed by atoms with van der Waals surface area (Å²) in [5.74, 6) is 0.396. The average molecular weight is 282 g/mol. The average Bonchev–Trinajstić information content (AvgIpc) is 3.33. The highest BCUT2D eigenvalue weighted by atomic mass is 16.2. The first-order chi connectivity index (χ1) is 10.2. The number of benzene rings is 1. The minimum absolute atomic E-state index is 0.0538. The summed E-state index contributed by atoms with van der Waals surface area (Å²) in [4.78, 5) is 23.8. The maximum atomic E-state index is 12.2. The number of nitrogens with one attached hydrogen (secondary N) is 1. The standard InChI is InChI=1S/C17H18N2O2/c20-15(12-19-11-5-4-8-16(19)21)18-17(14-9-10-14)13-6-2-1-3-7-13/h1-8,11,14,17H,9-10,12H2,(H,18,20)/t17-/m0/s1. The summed E-state index contributed by atoms with van der Waals surface area (Å²) in [6.45, 7) is 0.0652. The molecule has 0 spiro atoms. The highest BCUT2D eigenvalue weighted by Crippen LogP contribution is 2.40. The molecular weight excluding hydrogens is 264 g/mol. The van der Waals surface area contributed by atoms with Gasteiger partial charge in [-0.25, -0.2) is 0 Å². The summed E-state index contributed by atoms with van der Waals surface area (Å²) in [6.07, 6.45) is 3.92. The molecule has 2 aromatic rings. The summed E-state index contributed by atoms with van der Waals surface area (Å²) >= 11 is 0. The van der Waals surface area contributed by atoms with Gasteiger partial charge < -0.3 is 9.88 Å². The molecule has 1 saturated carbocycles. The van der Waals surface area contributed by atoms with E-state index < -0.39 is 0 Å². The Balaban J connectivity index is 1.70. The molecule has 3 rings (SSSR count). The highest BCUT2D eigenvalue weighted by Gasteiger charge is 2.33. The van der Waals surface area contributed by atoms with Gasteiger partial charge >= 0.3 is 0 Å². The molecule has 21 heavy (non-hydrogen) atoms. The van der Waals surface area contributed by atoms with Gasteiger partial charge in [0.2, 0.25) is 5.91 Å². The Hall–Kier alpha value is -2.36. The number of aromatic nitrogens is 1. The third-order valence-corrected chi connectivity index (χ3v) is 3.78. The third-order valence-electron chi connectivity index (χ3n) is 3.78. The summed E-state index contributed by atoms with van der Waals surface area (Å²) in [5, 5.41) is 3.07. The van der Waals surface area contributed by atoms with Crippen molar-refractivity contribution in [3.63, 3.8) is 0 Å². The van der Waals surface area contributed by atoms with Gasteiger partial charge in [0.1, 0.15) is 6.54 Å². The van der Waals surface area contributed by atoms with Crippen molar-refractivity contribution in [2.75, 3.05) is 0 Å². The maximum Gasteiger partial charge on any atom is 0.250 e. The Labute approximate surface area is 123 Å². The van der Waals surface area contributed by atoms with Gasteiger partial charge in [0.05, 0.1) is 6.04 Å². The van der Waals surface area contributed by atoms with Crippen LogP contribution in [0.15, 0.2) is 59.5 Å². The number of pyridine rings is 1. The summed E-state index contributed by atoms with van der Waals surface area (Å²) in [6, 6.07) is 15.0. The van der Waals surface area contributed by atoms with E-state index in [1.54, 1.807) is 18.3 Å². The van der Waals surface area contributed by atoms with Gasteiger partial charge in [0.15, 0.2) is 0 Å². The van der Waals surface area contributed by atoms with E-state index in [9.17, 15) is 9.59 Å². The molecular formula is C17H18N2O2. The SMILES string of the molecule is O=C(Cn1ccccc1=O)N[C@@H](c1ccccc1)C1CC1. The smallest absolute Gasteiger partial charge is 0.250 e. The van der Waals surface area contributed by atoms with Crippen molar-refractivity contribution in [2.24, 2.45) is 5.92 Å². The molecule has 108 valence electrons. The molecule has 1 aliphatic rings. The first-order valence-corrected chi connectivity index (χ1v) is 7.24. The van der Waals surface area contributed by atoms with Gasteiger partial charge in [-0.3, -0.25) is 9.59 Å². The molecule has 1 heterocycles. The van der Waals surface area contributed by atoms with Gasteiger partial charge in [0, 0.05) is 12.3 Å². The summed E-state index contributed by atoms with van der Waals surface area (Å²) in [5.41, 5.74) is 0.976. The van der Waals surface area contributed by atoms with Crippen LogP contribution in [0.2, 0.25) is 0 Å². The normalized spacial score (nSPS) is 15.4. The van der Waals surface area contributed by atoms with Gasteiger partial charge in [-0.05, 0) is 30.4 Å². The first kappa shape index (κ1) is 13.6. The Morgan fingerprint density at radius 1 is 1.14 bits per heavy atom. The minimum Gasteiger partial charge on any atom is -0.347 e. The van der Waals surface area contributed by atoms with Crippen molar-refractivity contribution in [2.45, 2.75) is 25.4 Å². The van der Waals surface area contributed by atoms with E-state index in [4.69, 9.17) is 0 Å². The molecule has 1 aliphatic carbocycles. The molecule has 4 heteroatoms. The zero-order valence-electron chi connectivity index (χ0n) is 11.7. The van der Waals surface area contributed by atoms with E-state index >= 15 is 0 Å². The molecule has 0 unspecified atom stereocenters. The lowest BCUT2D eigenvalue weighted by Gasteiger charge is -2.19. The second kappa shape index (κ2) is 5.95. The molecule has 1 N–H and O–H groups in total. The third kappa shape index (κ3) is 3.40. The predicted octanol–water partition coefficient (Wildman–Crippen LogP) is 2.12. The van der Waals surface area contributed by atoms with Crippen LogP contribution in [0, 0.1) is 5.92 Å². The largest absolute Gasteiger partial charge is 0.347 e. The second-order valence-electron chi connectivity index (χ2n) is 5.46. The zero-order chi connectivity index (χ0) is 14.7. The molecule has 1 amide bonds. The Morgan fingerprint density at radius 3 is 2.52 bits per heavy atom. The van der Waals surface area contributed by atoms with Crippen LogP contribution in [0.5, 0.6) is 0 Å². The van der Waals surface area contributed by atoms with Crippen LogP contribution < -0.4 is 10.9 Å². The number of nitrogens with zero attached hydrogens (tertiary/aromatic N) is 1. The number of rotatable bonds is 5. The van der Waals surface area contributed by atoms with E-state index in [0.717, 1.165) is 18.4 Å². The number of hydrogen-bond acceptors (Lipinski definition) is 2. The zero-order valence-corrected chi connectivity index (χ0v) is 11.7. The molecule has 0 bridgehead atoms. The molecule has 1 aromatic heterocycles. The lowest BCUT2D eigenvalue weighted by Crippen LogP contribution is -2.35. The van der Waals surface area contributed by atoms with Crippen molar-refractivity contribution in [1.82, 2.24) is 9.88 Å². The van der Waals surface area contributed by atoms with E-state index in [1.165, 1.54) is 10.6 Å². The van der Waals surface area contributed by atoms with E-state index in [1.807, 2.05) is 30.3 Å². The van der Waals surface area contributed by atoms with Crippen molar-refractivity contribution >= 4 is 5.91 Å². The van der Waals surface area contributed by atoms with Crippen LogP contribution in [0.3, 0.4) is 0 Å². The van der Waals surface area contributed by atoms with Gasteiger partial charge in [-0.1, -0.05) is 36.4 Å². The van der Waals surface area contributed by atoms with Crippen LogP contribution in [0.1, 0.15) is 24.4 Å². The minimum atomic E-state index is -0.157. The molecule has 1 fully saturated rings. The molecule has 0 radical (unpaired) electrons. The fourth-order valence-corrected chi connectivity index (χ4v) is 2.53. The van der Waals surface area contributed by atoms with Gasteiger partial charge in [0.25, 0.3) is 5.56 Å². The topological polar surface area (TPSA) is 51.1 Å². The number of carbonyl (C=O) groups excluding carboxylic acids is 1. The van der Waals surface area contributed by atoms with Crippen LogP contribution in [0.4, 0.5) is 0 Å².